The lowest BCUT2D eigenvalue weighted by atomic mass is 10.0. The topological polar surface area (TPSA) is 62.2 Å². The van der Waals surface area contributed by atoms with E-state index in [0.717, 1.165) is 27.7 Å². The number of aromatic nitrogens is 1. The maximum atomic E-state index is 12.9. The molecule has 1 aliphatic heterocycles. The van der Waals surface area contributed by atoms with Crippen molar-refractivity contribution < 1.29 is 23.1 Å². The summed E-state index contributed by atoms with van der Waals surface area (Å²) in [5.74, 6) is -0.381. The summed E-state index contributed by atoms with van der Waals surface area (Å²) in [4.78, 5) is 15.5. The van der Waals surface area contributed by atoms with Crippen molar-refractivity contribution in [1.29, 1.82) is 0 Å². The fraction of sp³-hybridized carbons (Fsp3) is 0.333. The van der Waals surface area contributed by atoms with Gasteiger partial charge in [0.15, 0.2) is 4.34 Å². The van der Waals surface area contributed by atoms with Crippen LogP contribution in [-0.2, 0) is 22.3 Å². The molecule has 0 spiro atoms. The number of aryl methyl sites for hydroxylation is 1. The Kier molecular flexibility index (Phi) is 6.02. The Morgan fingerprint density at radius 1 is 1.29 bits per heavy atom. The van der Waals surface area contributed by atoms with Crippen molar-refractivity contribution in [2.45, 2.75) is 35.7 Å². The molecule has 3 rings (SSSR count). The molecule has 0 fully saturated rings. The molecule has 1 aromatic heterocycles. The van der Waals surface area contributed by atoms with Crippen LogP contribution in [-0.4, -0.2) is 21.8 Å². The number of hydrogen-bond donors (Lipinski definition) is 2. The van der Waals surface area contributed by atoms with Crippen LogP contribution in [0.1, 0.15) is 28.6 Å². The van der Waals surface area contributed by atoms with Crippen molar-refractivity contribution in [1.82, 2.24) is 10.3 Å². The summed E-state index contributed by atoms with van der Waals surface area (Å²) in [6, 6.07) is 5.18. The van der Waals surface area contributed by atoms with Crippen LogP contribution in [0.2, 0.25) is 0 Å². The Balaban J connectivity index is 1.80. The Hall–Kier alpha value is -1.65. The normalized spacial score (nSPS) is 19.4. The van der Waals surface area contributed by atoms with E-state index in [1.54, 1.807) is 6.92 Å². The lowest BCUT2D eigenvalue weighted by Gasteiger charge is -2.30. The Bertz CT molecular complexity index is 910. The smallest absolute Gasteiger partial charge is 0.416 e. The third-order valence-corrected chi connectivity index (χ3v) is 8.11. The van der Waals surface area contributed by atoms with Gasteiger partial charge in [-0.3, -0.25) is 4.79 Å². The second kappa shape index (κ2) is 8.00. The minimum absolute atomic E-state index is 0.0677. The van der Waals surface area contributed by atoms with Gasteiger partial charge in [0.2, 0.25) is 0 Å². The molecule has 0 amide bonds. The zero-order valence-corrected chi connectivity index (χ0v) is 17.4. The summed E-state index contributed by atoms with van der Waals surface area (Å²) >= 11 is 4.31. The van der Waals surface area contributed by atoms with E-state index >= 15 is 0 Å². The average molecular weight is 447 g/mol. The second-order valence-electron chi connectivity index (χ2n) is 6.29. The molecule has 1 unspecified atom stereocenters. The molecule has 28 heavy (non-hydrogen) atoms. The number of halogens is 3. The van der Waals surface area contributed by atoms with Crippen LogP contribution in [0.3, 0.4) is 0 Å². The molecule has 2 N–H and O–H groups in total. The number of aliphatic carboxylic acids is 1. The first-order chi connectivity index (χ1) is 13.1. The number of carbonyl (C=O) groups is 1. The summed E-state index contributed by atoms with van der Waals surface area (Å²) in [7, 11) is 0. The number of allylic oxidation sites excluding steroid dienone is 1. The number of rotatable bonds is 6. The van der Waals surface area contributed by atoms with Crippen LogP contribution in [0, 0.1) is 6.92 Å². The van der Waals surface area contributed by atoms with Gasteiger partial charge in [-0.2, -0.15) is 13.2 Å². The molecule has 0 saturated carbocycles. The highest BCUT2D eigenvalue weighted by atomic mass is 32.2. The SMILES string of the molecule is CC1=CSC(CSc2nc(C)c(CC(=O)O)s2)(c2ccc(C(F)(F)F)cc2)N1. The second-order valence-corrected chi connectivity index (χ2v) is 9.77. The molecular formula is C18H17F3N2O2S3. The van der Waals surface area contributed by atoms with E-state index in [1.807, 2.05) is 12.3 Å². The summed E-state index contributed by atoms with van der Waals surface area (Å²) < 4.78 is 39.4. The van der Waals surface area contributed by atoms with Crippen molar-refractivity contribution in [3.05, 3.63) is 57.1 Å². The molecule has 1 aromatic carbocycles. The van der Waals surface area contributed by atoms with Gasteiger partial charge in [-0.1, -0.05) is 35.7 Å². The molecular weight excluding hydrogens is 429 g/mol. The van der Waals surface area contributed by atoms with E-state index in [9.17, 15) is 18.0 Å². The zero-order chi connectivity index (χ0) is 20.5. The highest BCUT2D eigenvalue weighted by molar-refractivity contribution is 8.06. The maximum absolute atomic E-state index is 12.9. The van der Waals surface area contributed by atoms with Gasteiger partial charge in [0, 0.05) is 16.3 Å². The molecule has 4 nitrogen and oxygen atoms in total. The molecule has 1 atom stereocenters. The van der Waals surface area contributed by atoms with Gasteiger partial charge in [0.1, 0.15) is 4.87 Å². The molecule has 2 aromatic rings. The van der Waals surface area contributed by atoms with Gasteiger partial charge in [0.25, 0.3) is 0 Å². The lowest BCUT2D eigenvalue weighted by Crippen LogP contribution is -2.37. The van der Waals surface area contributed by atoms with Gasteiger partial charge in [0.05, 0.1) is 17.7 Å². The predicted octanol–water partition coefficient (Wildman–Crippen LogP) is 5.24. The average Bonchev–Trinajstić information content (AvgIpc) is 3.16. The van der Waals surface area contributed by atoms with E-state index < -0.39 is 22.6 Å². The fourth-order valence-electron chi connectivity index (χ4n) is 2.72. The van der Waals surface area contributed by atoms with Crippen molar-refractivity contribution >= 4 is 40.8 Å². The van der Waals surface area contributed by atoms with Crippen LogP contribution >= 0.6 is 34.9 Å². The van der Waals surface area contributed by atoms with Gasteiger partial charge in [-0.05, 0) is 37.0 Å². The van der Waals surface area contributed by atoms with Crippen molar-refractivity contribution in [2.24, 2.45) is 0 Å². The zero-order valence-electron chi connectivity index (χ0n) is 15.0. The Labute approximate surface area is 172 Å². The minimum atomic E-state index is -4.37. The number of carboxylic acids is 1. The first-order valence-corrected chi connectivity index (χ1v) is 10.9. The lowest BCUT2D eigenvalue weighted by molar-refractivity contribution is -0.138. The number of thiazole rings is 1. The number of hydrogen-bond acceptors (Lipinski definition) is 6. The summed E-state index contributed by atoms with van der Waals surface area (Å²) in [5, 5.41) is 14.3. The van der Waals surface area contributed by atoms with Crippen LogP contribution in [0.5, 0.6) is 0 Å². The van der Waals surface area contributed by atoms with E-state index in [2.05, 4.69) is 10.3 Å². The summed E-state index contributed by atoms with van der Waals surface area (Å²) in [6.07, 6.45) is -4.44. The molecule has 1 aliphatic rings. The van der Waals surface area contributed by atoms with E-state index in [4.69, 9.17) is 5.11 Å². The summed E-state index contributed by atoms with van der Waals surface area (Å²) in [6.45, 7) is 3.68. The third kappa shape index (κ3) is 4.66. The van der Waals surface area contributed by atoms with Crippen LogP contribution in [0.4, 0.5) is 13.2 Å². The van der Waals surface area contributed by atoms with Crippen molar-refractivity contribution in [3.63, 3.8) is 0 Å². The maximum Gasteiger partial charge on any atom is 0.416 e. The summed E-state index contributed by atoms with van der Waals surface area (Å²) in [5.41, 5.74) is 1.69. The number of benzene rings is 1. The number of nitrogens with zero attached hydrogens (tertiary/aromatic N) is 1. The molecule has 2 heterocycles. The van der Waals surface area contributed by atoms with Crippen LogP contribution < -0.4 is 5.32 Å². The Morgan fingerprint density at radius 3 is 2.50 bits per heavy atom. The number of carboxylic acid groups (broad SMARTS) is 1. The molecule has 150 valence electrons. The van der Waals surface area contributed by atoms with E-state index in [0.29, 0.717) is 16.3 Å². The van der Waals surface area contributed by atoms with Gasteiger partial charge in [-0.15, -0.1) is 11.3 Å². The Morgan fingerprint density at radius 2 is 1.96 bits per heavy atom. The van der Waals surface area contributed by atoms with Crippen molar-refractivity contribution in [3.8, 4) is 0 Å². The van der Waals surface area contributed by atoms with Gasteiger partial charge < -0.3 is 10.4 Å². The van der Waals surface area contributed by atoms with Gasteiger partial charge in [-0.25, -0.2) is 4.98 Å². The van der Waals surface area contributed by atoms with E-state index in [1.165, 1.54) is 47.0 Å². The first-order valence-electron chi connectivity index (χ1n) is 8.20. The highest BCUT2D eigenvalue weighted by Crippen LogP contribution is 2.45. The fourth-order valence-corrected chi connectivity index (χ4v) is 6.36. The van der Waals surface area contributed by atoms with Crippen molar-refractivity contribution in [2.75, 3.05) is 5.75 Å². The van der Waals surface area contributed by atoms with E-state index in [-0.39, 0.29) is 6.42 Å². The van der Waals surface area contributed by atoms with Crippen LogP contribution in [0.15, 0.2) is 39.7 Å². The molecule has 0 radical (unpaired) electrons. The highest BCUT2D eigenvalue weighted by Gasteiger charge is 2.38. The first kappa shape index (κ1) is 21.1. The molecule has 0 bridgehead atoms. The van der Waals surface area contributed by atoms with Crippen LogP contribution in [0.25, 0.3) is 0 Å². The largest absolute Gasteiger partial charge is 0.481 e. The molecule has 0 saturated heterocycles. The molecule has 10 heteroatoms. The monoisotopic (exact) mass is 446 g/mol. The third-order valence-electron chi connectivity index (χ3n) is 4.10. The predicted molar refractivity (Wildman–Crippen MR) is 107 cm³/mol. The van der Waals surface area contributed by atoms with Gasteiger partial charge >= 0.3 is 12.1 Å². The number of alkyl halides is 3. The standard InChI is InChI=1S/C18H17F3N2O2S3/c1-10-8-27-17(23-10,12-3-5-13(6-4-12)18(19,20)21)9-26-16-22-11(2)14(28-16)7-15(24)25/h3-6,8,23H,7,9H2,1-2H3,(H,24,25). The molecule has 0 aliphatic carbocycles. The number of thioether (sulfide) groups is 2. The number of nitrogens with one attached hydrogen (secondary N) is 1. The minimum Gasteiger partial charge on any atom is -0.481 e. The quantitative estimate of drug-likeness (QED) is 0.592.